The maximum atomic E-state index is 10.7. The van der Waals surface area contributed by atoms with Gasteiger partial charge in [-0.05, 0) is 24.0 Å². The molecule has 1 saturated carbocycles. The SMILES string of the molecule is OC1(O)CCCCC1(c1ccccc1)c1ccccc1. The van der Waals surface area contributed by atoms with Crippen molar-refractivity contribution in [1.29, 1.82) is 0 Å². The molecule has 1 fully saturated rings. The van der Waals surface area contributed by atoms with Crippen LogP contribution in [-0.4, -0.2) is 16.0 Å². The van der Waals surface area contributed by atoms with E-state index in [9.17, 15) is 10.2 Å². The van der Waals surface area contributed by atoms with E-state index in [1.807, 2.05) is 60.7 Å². The lowest BCUT2D eigenvalue weighted by molar-refractivity contribution is -0.220. The molecule has 104 valence electrons. The molecule has 2 nitrogen and oxygen atoms in total. The van der Waals surface area contributed by atoms with Crippen molar-refractivity contribution in [1.82, 2.24) is 0 Å². The Morgan fingerprint density at radius 1 is 0.650 bits per heavy atom. The van der Waals surface area contributed by atoms with Crippen LogP contribution < -0.4 is 0 Å². The van der Waals surface area contributed by atoms with Crippen molar-refractivity contribution in [2.45, 2.75) is 36.9 Å². The van der Waals surface area contributed by atoms with E-state index in [4.69, 9.17) is 0 Å². The van der Waals surface area contributed by atoms with Gasteiger partial charge in [0.1, 0.15) is 0 Å². The fraction of sp³-hybridized carbons (Fsp3) is 0.333. The van der Waals surface area contributed by atoms with E-state index in [1.165, 1.54) is 0 Å². The van der Waals surface area contributed by atoms with E-state index in [1.54, 1.807) is 0 Å². The van der Waals surface area contributed by atoms with Crippen LogP contribution in [0.5, 0.6) is 0 Å². The van der Waals surface area contributed by atoms with E-state index < -0.39 is 11.2 Å². The quantitative estimate of drug-likeness (QED) is 0.821. The number of aliphatic hydroxyl groups is 2. The van der Waals surface area contributed by atoms with E-state index >= 15 is 0 Å². The van der Waals surface area contributed by atoms with Crippen LogP contribution >= 0.6 is 0 Å². The molecule has 2 aromatic carbocycles. The number of benzene rings is 2. The second kappa shape index (κ2) is 5.04. The Morgan fingerprint density at radius 2 is 1.10 bits per heavy atom. The summed E-state index contributed by atoms with van der Waals surface area (Å²) in [4.78, 5) is 0. The van der Waals surface area contributed by atoms with Gasteiger partial charge in [-0.15, -0.1) is 0 Å². The summed E-state index contributed by atoms with van der Waals surface area (Å²) in [5.74, 6) is -1.70. The maximum Gasteiger partial charge on any atom is 0.176 e. The largest absolute Gasteiger partial charge is 0.365 e. The first-order valence-electron chi connectivity index (χ1n) is 7.23. The zero-order chi connectivity index (χ0) is 14.1. The summed E-state index contributed by atoms with van der Waals surface area (Å²) in [7, 11) is 0. The van der Waals surface area contributed by atoms with Crippen molar-refractivity contribution >= 4 is 0 Å². The molecule has 0 spiro atoms. The molecule has 0 radical (unpaired) electrons. The van der Waals surface area contributed by atoms with Crippen molar-refractivity contribution < 1.29 is 10.2 Å². The van der Waals surface area contributed by atoms with Gasteiger partial charge < -0.3 is 10.2 Å². The second-order valence-corrected chi connectivity index (χ2v) is 5.66. The van der Waals surface area contributed by atoms with Crippen LogP contribution in [0.4, 0.5) is 0 Å². The summed E-state index contributed by atoms with van der Waals surface area (Å²) in [6.45, 7) is 0. The Morgan fingerprint density at radius 3 is 1.55 bits per heavy atom. The van der Waals surface area contributed by atoms with Gasteiger partial charge in [0.15, 0.2) is 5.79 Å². The molecule has 0 heterocycles. The van der Waals surface area contributed by atoms with Gasteiger partial charge in [0.05, 0.1) is 5.41 Å². The van der Waals surface area contributed by atoms with E-state index in [0.29, 0.717) is 6.42 Å². The maximum absolute atomic E-state index is 10.7. The van der Waals surface area contributed by atoms with Crippen molar-refractivity contribution in [2.75, 3.05) is 0 Å². The summed E-state index contributed by atoms with van der Waals surface area (Å²) in [5.41, 5.74) is 1.24. The highest BCUT2D eigenvalue weighted by Gasteiger charge is 2.52. The lowest BCUT2D eigenvalue weighted by Gasteiger charge is -2.48. The minimum Gasteiger partial charge on any atom is -0.365 e. The highest BCUT2D eigenvalue weighted by Crippen LogP contribution is 2.49. The van der Waals surface area contributed by atoms with Crippen LogP contribution in [0.3, 0.4) is 0 Å². The highest BCUT2D eigenvalue weighted by atomic mass is 16.5. The molecular weight excluding hydrogens is 248 g/mol. The molecule has 0 atom stereocenters. The van der Waals surface area contributed by atoms with Gasteiger partial charge in [-0.3, -0.25) is 0 Å². The molecule has 0 aliphatic heterocycles. The van der Waals surface area contributed by atoms with Gasteiger partial charge in [0, 0.05) is 6.42 Å². The molecule has 20 heavy (non-hydrogen) atoms. The lowest BCUT2D eigenvalue weighted by Crippen LogP contribution is -2.54. The van der Waals surface area contributed by atoms with Crippen LogP contribution in [0, 0.1) is 0 Å². The van der Waals surface area contributed by atoms with Crippen LogP contribution in [-0.2, 0) is 5.41 Å². The van der Waals surface area contributed by atoms with Gasteiger partial charge in [0.25, 0.3) is 0 Å². The van der Waals surface area contributed by atoms with Crippen molar-refractivity contribution in [2.24, 2.45) is 0 Å². The molecule has 0 aromatic heterocycles. The molecule has 0 amide bonds. The normalized spacial score (nSPS) is 20.5. The summed E-state index contributed by atoms with van der Waals surface area (Å²) >= 11 is 0. The summed E-state index contributed by atoms with van der Waals surface area (Å²) < 4.78 is 0. The molecule has 1 aliphatic rings. The molecular formula is C18H20O2. The average Bonchev–Trinajstić information content (AvgIpc) is 2.49. The zero-order valence-corrected chi connectivity index (χ0v) is 11.5. The number of rotatable bonds is 2. The Bertz CT molecular complexity index is 521. The highest BCUT2D eigenvalue weighted by molar-refractivity contribution is 5.42. The van der Waals surface area contributed by atoms with Gasteiger partial charge in [-0.2, -0.15) is 0 Å². The van der Waals surface area contributed by atoms with E-state index in [2.05, 4.69) is 0 Å². The Labute approximate surface area is 119 Å². The predicted octanol–water partition coefficient (Wildman–Crippen LogP) is 3.23. The Hall–Kier alpha value is -1.64. The van der Waals surface area contributed by atoms with Gasteiger partial charge >= 0.3 is 0 Å². The molecule has 3 rings (SSSR count). The van der Waals surface area contributed by atoms with E-state index in [0.717, 1.165) is 30.4 Å². The van der Waals surface area contributed by atoms with Gasteiger partial charge in [0.2, 0.25) is 0 Å². The molecule has 0 saturated heterocycles. The summed E-state index contributed by atoms with van der Waals surface area (Å²) in [5, 5.41) is 21.5. The van der Waals surface area contributed by atoms with Crippen molar-refractivity contribution in [3.63, 3.8) is 0 Å². The van der Waals surface area contributed by atoms with Crippen LogP contribution in [0.1, 0.15) is 36.8 Å². The summed E-state index contributed by atoms with van der Waals surface area (Å²) in [6.07, 6.45) is 3.03. The smallest absolute Gasteiger partial charge is 0.176 e. The second-order valence-electron chi connectivity index (χ2n) is 5.66. The predicted molar refractivity (Wildman–Crippen MR) is 79.3 cm³/mol. The Kier molecular flexibility index (Phi) is 3.36. The molecule has 0 bridgehead atoms. The third-order valence-electron chi connectivity index (χ3n) is 4.54. The molecule has 2 aromatic rings. The van der Waals surface area contributed by atoms with Crippen molar-refractivity contribution in [3.05, 3.63) is 71.8 Å². The van der Waals surface area contributed by atoms with Crippen LogP contribution in [0.15, 0.2) is 60.7 Å². The number of hydrogen-bond acceptors (Lipinski definition) is 2. The standard InChI is InChI=1S/C18H20O2/c19-18(20)14-8-7-13-17(18,15-9-3-1-4-10-15)16-11-5-2-6-12-16/h1-6,9-12,19-20H,7-8,13-14H2. The minimum absolute atomic E-state index is 0.413. The zero-order valence-electron chi connectivity index (χ0n) is 11.5. The van der Waals surface area contributed by atoms with Gasteiger partial charge in [-0.25, -0.2) is 0 Å². The first-order valence-corrected chi connectivity index (χ1v) is 7.23. The first-order chi connectivity index (χ1) is 9.67. The molecule has 1 aliphatic carbocycles. The summed E-state index contributed by atoms with van der Waals surface area (Å²) in [6, 6.07) is 19.8. The van der Waals surface area contributed by atoms with Gasteiger partial charge in [-0.1, -0.05) is 67.1 Å². The van der Waals surface area contributed by atoms with Crippen LogP contribution in [0.2, 0.25) is 0 Å². The molecule has 0 unspecified atom stereocenters. The van der Waals surface area contributed by atoms with E-state index in [-0.39, 0.29) is 0 Å². The number of hydrogen-bond donors (Lipinski definition) is 2. The van der Waals surface area contributed by atoms with Crippen LogP contribution in [0.25, 0.3) is 0 Å². The third kappa shape index (κ3) is 1.96. The third-order valence-corrected chi connectivity index (χ3v) is 4.54. The molecule has 2 heteroatoms. The topological polar surface area (TPSA) is 40.5 Å². The van der Waals surface area contributed by atoms with Crippen molar-refractivity contribution in [3.8, 4) is 0 Å². The first kappa shape index (κ1) is 13.3. The lowest BCUT2D eigenvalue weighted by atomic mass is 9.61. The molecule has 2 N–H and O–H groups in total. The average molecular weight is 268 g/mol. The fourth-order valence-electron chi connectivity index (χ4n) is 3.54. The minimum atomic E-state index is -1.70. The monoisotopic (exact) mass is 268 g/mol. The Balaban J connectivity index is 2.23. The fourth-order valence-corrected chi connectivity index (χ4v) is 3.54.